The van der Waals surface area contributed by atoms with E-state index >= 15 is 0 Å². The molecule has 18 heavy (non-hydrogen) atoms. The molecule has 1 saturated heterocycles. The van der Waals surface area contributed by atoms with E-state index in [9.17, 15) is 4.79 Å². The summed E-state index contributed by atoms with van der Waals surface area (Å²) in [4.78, 5) is 12.2. The standard InChI is InChI=1S/C15H28O3/c1-14(2,3)13(16)12-9-7-8-11(18-12)10-17-15(4,5)6/h11-12H,7-10H2,1-6H3. The summed E-state index contributed by atoms with van der Waals surface area (Å²) in [5.74, 6) is 0.211. The van der Waals surface area contributed by atoms with Gasteiger partial charge in [0.2, 0.25) is 0 Å². The van der Waals surface area contributed by atoms with Crippen LogP contribution in [-0.4, -0.2) is 30.2 Å². The molecule has 0 aromatic rings. The molecule has 0 radical (unpaired) electrons. The molecule has 1 aliphatic rings. The Kier molecular flexibility index (Phi) is 4.96. The lowest BCUT2D eigenvalue weighted by molar-refractivity contribution is -0.155. The van der Waals surface area contributed by atoms with Crippen molar-refractivity contribution in [2.75, 3.05) is 6.61 Å². The minimum Gasteiger partial charge on any atom is -0.373 e. The highest BCUT2D eigenvalue weighted by Gasteiger charge is 2.34. The smallest absolute Gasteiger partial charge is 0.166 e. The molecule has 1 fully saturated rings. The van der Waals surface area contributed by atoms with Gasteiger partial charge in [-0.1, -0.05) is 20.8 Å². The van der Waals surface area contributed by atoms with Gasteiger partial charge in [-0.05, 0) is 40.0 Å². The molecule has 0 N–H and O–H groups in total. The summed E-state index contributed by atoms with van der Waals surface area (Å²) in [5.41, 5.74) is -0.470. The van der Waals surface area contributed by atoms with E-state index < -0.39 is 0 Å². The molecule has 3 heteroatoms. The monoisotopic (exact) mass is 256 g/mol. The van der Waals surface area contributed by atoms with E-state index in [-0.39, 0.29) is 29.0 Å². The van der Waals surface area contributed by atoms with Gasteiger partial charge in [0, 0.05) is 5.41 Å². The first-order valence-corrected chi connectivity index (χ1v) is 6.93. The van der Waals surface area contributed by atoms with Crippen molar-refractivity contribution in [2.45, 2.75) is 78.6 Å². The van der Waals surface area contributed by atoms with E-state index in [1.807, 2.05) is 41.5 Å². The lowest BCUT2D eigenvalue weighted by Gasteiger charge is -2.34. The second-order valence-electron chi connectivity index (χ2n) is 7.22. The van der Waals surface area contributed by atoms with Crippen molar-refractivity contribution in [3.8, 4) is 0 Å². The number of rotatable bonds is 3. The van der Waals surface area contributed by atoms with E-state index in [4.69, 9.17) is 9.47 Å². The summed E-state index contributed by atoms with van der Waals surface area (Å²) >= 11 is 0. The van der Waals surface area contributed by atoms with Crippen LogP contribution in [0.25, 0.3) is 0 Å². The van der Waals surface area contributed by atoms with Crippen LogP contribution in [0.1, 0.15) is 60.8 Å². The first-order chi connectivity index (χ1) is 8.09. The van der Waals surface area contributed by atoms with Gasteiger partial charge < -0.3 is 9.47 Å². The normalized spacial score (nSPS) is 26.1. The van der Waals surface area contributed by atoms with Crippen LogP contribution < -0.4 is 0 Å². The molecule has 1 rings (SSSR count). The maximum Gasteiger partial charge on any atom is 0.166 e. The highest BCUT2D eigenvalue weighted by Crippen LogP contribution is 2.27. The van der Waals surface area contributed by atoms with Crippen LogP contribution in [-0.2, 0) is 14.3 Å². The first kappa shape index (κ1) is 15.6. The van der Waals surface area contributed by atoms with Crippen molar-refractivity contribution in [3.63, 3.8) is 0 Å². The fourth-order valence-corrected chi connectivity index (χ4v) is 2.04. The fraction of sp³-hybridized carbons (Fsp3) is 0.933. The molecule has 2 atom stereocenters. The SMILES string of the molecule is CC(C)(C)OCC1CCCC(C(=O)C(C)(C)C)O1. The zero-order valence-corrected chi connectivity index (χ0v) is 12.7. The molecule has 0 amide bonds. The quantitative estimate of drug-likeness (QED) is 0.776. The van der Waals surface area contributed by atoms with Crippen LogP contribution in [0, 0.1) is 5.41 Å². The molecule has 106 valence electrons. The maximum atomic E-state index is 12.2. The molecular formula is C15H28O3. The van der Waals surface area contributed by atoms with Gasteiger partial charge in [0.25, 0.3) is 0 Å². The Hall–Kier alpha value is -0.410. The number of Topliss-reactive ketones (excluding diaryl/α,β-unsaturated/α-hetero) is 1. The molecule has 0 aromatic heterocycles. The summed E-state index contributed by atoms with van der Waals surface area (Å²) < 4.78 is 11.6. The third-order valence-electron chi connectivity index (χ3n) is 3.08. The molecule has 1 aliphatic heterocycles. The van der Waals surface area contributed by atoms with Crippen LogP contribution in [0.4, 0.5) is 0 Å². The Morgan fingerprint density at radius 2 is 1.78 bits per heavy atom. The molecule has 3 nitrogen and oxygen atoms in total. The second-order valence-corrected chi connectivity index (χ2v) is 7.22. The molecule has 0 bridgehead atoms. The molecule has 1 heterocycles. The number of carbonyl (C=O) groups is 1. The fourth-order valence-electron chi connectivity index (χ4n) is 2.04. The number of hydrogen-bond donors (Lipinski definition) is 0. The van der Waals surface area contributed by atoms with Gasteiger partial charge in [0.1, 0.15) is 6.10 Å². The lowest BCUT2D eigenvalue weighted by Crippen LogP contribution is -2.41. The van der Waals surface area contributed by atoms with Crippen molar-refractivity contribution < 1.29 is 14.3 Å². The number of ether oxygens (including phenoxy) is 2. The minimum atomic E-state index is -0.322. The van der Waals surface area contributed by atoms with Crippen LogP contribution in [0.5, 0.6) is 0 Å². The van der Waals surface area contributed by atoms with Gasteiger partial charge in [-0.15, -0.1) is 0 Å². The Bertz CT molecular complexity index is 283. The number of ketones is 1. The van der Waals surface area contributed by atoms with Crippen molar-refractivity contribution >= 4 is 5.78 Å². The second kappa shape index (κ2) is 5.70. The van der Waals surface area contributed by atoms with Crippen molar-refractivity contribution in [1.29, 1.82) is 0 Å². The Morgan fingerprint density at radius 1 is 1.17 bits per heavy atom. The third-order valence-corrected chi connectivity index (χ3v) is 3.08. The summed E-state index contributed by atoms with van der Waals surface area (Å²) in [6.45, 7) is 12.5. The van der Waals surface area contributed by atoms with E-state index in [2.05, 4.69) is 0 Å². The van der Waals surface area contributed by atoms with Crippen molar-refractivity contribution in [3.05, 3.63) is 0 Å². The van der Waals surface area contributed by atoms with Crippen LogP contribution in [0.15, 0.2) is 0 Å². The zero-order chi connectivity index (χ0) is 14.0. The highest BCUT2D eigenvalue weighted by molar-refractivity contribution is 5.87. The molecule has 0 saturated carbocycles. The zero-order valence-electron chi connectivity index (χ0n) is 12.7. The molecule has 2 unspecified atom stereocenters. The van der Waals surface area contributed by atoms with Gasteiger partial charge in [-0.3, -0.25) is 4.79 Å². The maximum absolute atomic E-state index is 12.2. The Morgan fingerprint density at radius 3 is 2.28 bits per heavy atom. The predicted molar refractivity (Wildman–Crippen MR) is 72.7 cm³/mol. The Labute approximate surface area is 111 Å². The van der Waals surface area contributed by atoms with Gasteiger partial charge in [0.15, 0.2) is 5.78 Å². The summed E-state index contributed by atoms with van der Waals surface area (Å²) in [5, 5.41) is 0. The predicted octanol–water partition coefficient (Wildman–Crippen LogP) is 3.35. The minimum absolute atomic E-state index is 0.0641. The Balaban J connectivity index is 2.49. The lowest BCUT2D eigenvalue weighted by atomic mass is 9.85. The van der Waals surface area contributed by atoms with Crippen LogP contribution in [0.2, 0.25) is 0 Å². The topological polar surface area (TPSA) is 35.5 Å². The molecular weight excluding hydrogens is 228 g/mol. The van der Waals surface area contributed by atoms with Crippen molar-refractivity contribution in [2.24, 2.45) is 5.41 Å². The summed E-state index contributed by atoms with van der Waals surface area (Å²) in [6.07, 6.45) is 2.71. The summed E-state index contributed by atoms with van der Waals surface area (Å²) in [7, 11) is 0. The average molecular weight is 256 g/mol. The highest BCUT2D eigenvalue weighted by atomic mass is 16.6. The van der Waals surface area contributed by atoms with Crippen molar-refractivity contribution in [1.82, 2.24) is 0 Å². The van der Waals surface area contributed by atoms with E-state index in [0.29, 0.717) is 6.61 Å². The average Bonchev–Trinajstić information content (AvgIpc) is 2.23. The molecule has 0 aliphatic carbocycles. The van der Waals surface area contributed by atoms with E-state index in [1.165, 1.54) is 0 Å². The third kappa shape index (κ3) is 5.07. The van der Waals surface area contributed by atoms with Gasteiger partial charge in [0.05, 0.1) is 18.3 Å². The van der Waals surface area contributed by atoms with Gasteiger partial charge >= 0.3 is 0 Å². The largest absolute Gasteiger partial charge is 0.373 e. The number of carbonyl (C=O) groups excluding carboxylic acids is 1. The first-order valence-electron chi connectivity index (χ1n) is 6.93. The molecule has 0 aromatic carbocycles. The van der Waals surface area contributed by atoms with Crippen LogP contribution >= 0.6 is 0 Å². The summed E-state index contributed by atoms with van der Waals surface area (Å²) in [6, 6.07) is 0. The van der Waals surface area contributed by atoms with E-state index in [1.54, 1.807) is 0 Å². The number of hydrogen-bond acceptors (Lipinski definition) is 3. The van der Waals surface area contributed by atoms with Gasteiger partial charge in [-0.25, -0.2) is 0 Å². The van der Waals surface area contributed by atoms with Gasteiger partial charge in [-0.2, -0.15) is 0 Å². The van der Waals surface area contributed by atoms with E-state index in [0.717, 1.165) is 19.3 Å². The molecule has 0 spiro atoms. The van der Waals surface area contributed by atoms with Crippen LogP contribution in [0.3, 0.4) is 0 Å².